The number of nitrogens with two attached hydrogens (primary N) is 1. The molecular formula is C17H23N3. The molecule has 1 heterocycles. The fourth-order valence-electron chi connectivity index (χ4n) is 2.16. The van der Waals surface area contributed by atoms with E-state index in [1.54, 1.807) is 0 Å². The molecule has 0 aliphatic carbocycles. The van der Waals surface area contributed by atoms with Crippen LogP contribution >= 0.6 is 0 Å². The Bertz CT molecular complexity index is 534. The van der Waals surface area contributed by atoms with Gasteiger partial charge in [0.25, 0.3) is 0 Å². The Balaban J connectivity index is 2.18. The highest BCUT2D eigenvalue weighted by molar-refractivity contribution is 5.59. The largest absolute Gasteiger partial charge is 0.330 e. The van der Waals surface area contributed by atoms with Crippen molar-refractivity contribution in [3.63, 3.8) is 0 Å². The van der Waals surface area contributed by atoms with Gasteiger partial charge in [-0.05, 0) is 36.9 Å². The minimum Gasteiger partial charge on any atom is -0.330 e. The van der Waals surface area contributed by atoms with Crippen LogP contribution in [0.4, 0.5) is 0 Å². The van der Waals surface area contributed by atoms with E-state index in [0.717, 1.165) is 36.3 Å². The molecule has 0 fully saturated rings. The van der Waals surface area contributed by atoms with Crippen molar-refractivity contribution in [1.29, 1.82) is 0 Å². The van der Waals surface area contributed by atoms with Gasteiger partial charge in [-0.25, -0.2) is 9.97 Å². The van der Waals surface area contributed by atoms with E-state index in [-0.39, 0.29) is 0 Å². The summed E-state index contributed by atoms with van der Waals surface area (Å²) in [7, 11) is 0. The monoisotopic (exact) mass is 269 g/mol. The molecule has 20 heavy (non-hydrogen) atoms. The van der Waals surface area contributed by atoms with Gasteiger partial charge in [-0.15, -0.1) is 0 Å². The zero-order valence-electron chi connectivity index (χ0n) is 12.3. The van der Waals surface area contributed by atoms with Crippen LogP contribution in [0.2, 0.25) is 0 Å². The number of nitrogens with zero attached hydrogens (tertiary/aromatic N) is 2. The molecular weight excluding hydrogens is 246 g/mol. The summed E-state index contributed by atoms with van der Waals surface area (Å²) in [5.74, 6) is 1.48. The van der Waals surface area contributed by atoms with Crippen molar-refractivity contribution in [2.45, 2.75) is 39.0 Å². The summed E-state index contributed by atoms with van der Waals surface area (Å²) in [6, 6.07) is 10.7. The van der Waals surface area contributed by atoms with Gasteiger partial charge < -0.3 is 5.73 Å². The zero-order chi connectivity index (χ0) is 14.4. The quantitative estimate of drug-likeness (QED) is 0.872. The predicted molar refractivity (Wildman–Crippen MR) is 83.5 cm³/mol. The summed E-state index contributed by atoms with van der Waals surface area (Å²) in [4.78, 5) is 8.90. The predicted octanol–water partition coefficient (Wildman–Crippen LogP) is 3.55. The number of hydrogen-bond donors (Lipinski definition) is 1. The second-order valence-electron chi connectivity index (χ2n) is 5.18. The number of benzene rings is 1. The first-order valence-corrected chi connectivity index (χ1v) is 7.37. The van der Waals surface area contributed by atoms with Gasteiger partial charge in [-0.2, -0.15) is 0 Å². The second kappa shape index (κ2) is 7.15. The Hall–Kier alpha value is -1.74. The van der Waals surface area contributed by atoms with Crippen LogP contribution in [0.15, 0.2) is 36.5 Å². The van der Waals surface area contributed by atoms with E-state index in [0.29, 0.717) is 12.5 Å². The number of rotatable bonds is 6. The lowest BCUT2D eigenvalue weighted by Gasteiger charge is -2.10. The molecule has 2 aromatic rings. The van der Waals surface area contributed by atoms with E-state index >= 15 is 0 Å². The van der Waals surface area contributed by atoms with Crippen LogP contribution in [0, 0.1) is 0 Å². The maximum atomic E-state index is 5.53. The highest BCUT2D eigenvalue weighted by Crippen LogP contribution is 2.23. The number of hydrogen-bond acceptors (Lipinski definition) is 3. The number of aromatic nitrogens is 2. The van der Waals surface area contributed by atoms with Gasteiger partial charge in [0.15, 0.2) is 0 Å². The Morgan fingerprint density at radius 3 is 2.55 bits per heavy atom. The van der Waals surface area contributed by atoms with Crippen molar-refractivity contribution in [2.24, 2.45) is 5.73 Å². The molecule has 1 aromatic carbocycles. The lowest BCUT2D eigenvalue weighted by molar-refractivity contribution is 0.734. The molecule has 0 bridgehead atoms. The fraction of sp³-hybridized carbons (Fsp3) is 0.412. The molecule has 0 spiro atoms. The topological polar surface area (TPSA) is 51.8 Å². The van der Waals surface area contributed by atoms with E-state index in [4.69, 9.17) is 5.73 Å². The van der Waals surface area contributed by atoms with Crippen molar-refractivity contribution < 1.29 is 0 Å². The summed E-state index contributed by atoms with van der Waals surface area (Å²) in [5, 5.41) is 0. The Kier molecular flexibility index (Phi) is 5.24. The first kappa shape index (κ1) is 14.7. The van der Waals surface area contributed by atoms with E-state index < -0.39 is 0 Å². The molecule has 3 nitrogen and oxygen atoms in total. The summed E-state index contributed by atoms with van der Waals surface area (Å²) in [6.45, 7) is 5.15. The summed E-state index contributed by atoms with van der Waals surface area (Å²) >= 11 is 0. The van der Waals surface area contributed by atoms with Crippen LogP contribution in [0.3, 0.4) is 0 Å². The van der Waals surface area contributed by atoms with Crippen LogP contribution in [-0.4, -0.2) is 16.5 Å². The van der Waals surface area contributed by atoms with Gasteiger partial charge in [0.2, 0.25) is 0 Å². The molecule has 0 saturated heterocycles. The lowest BCUT2D eigenvalue weighted by atomic mass is 9.97. The Morgan fingerprint density at radius 2 is 1.90 bits per heavy atom. The van der Waals surface area contributed by atoms with Crippen molar-refractivity contribution >= 4 is 0 Å². The van der Waals surface area contributed by atoms with Gasteiger partial charge in [0.1, 0.15) is 5.82 Å². The average molecular weight is 269 g/mol. The summed E-state index contributed by atoms with van der Waals surface area (Å²) in [5.41, 5.74) is 9.05. The van der Waals surface area contributed by atoms with Gasteiger partial charge in [0, 0.05) is 18.2 Å². The Morgan fingerprint density at radius 1 is 1.15 bits per heavy atom. The van der Waals surface area contributed by atoms with Crippen molar-refractivity contribution in [3.05, 3.63) is 47.9 Å². The standard InChI is InChI=1S/C17H23N3/c1-3-13(2)14-6-8-15(9-7-14)16-10-12-19-17(20-16)5-4-11-18/h6-10,12-13H,3-5,11,18H2,1-2H3. The third-order valence-electron chi connectivity index (χ3n) is 3.70. The van der Waals surface area contributed by atoms with Gasteiger partial charge in [-0.1, -0.05) is 38.1 Å². The third-order valence-corrected chi connectivity index (χ3v) is 3.70. The molecule has 0 saturated carbocycles. The molecule has 1 aromatic heterocycles. The zero-order valence-corrected chi connectivity index (χ0v) is 12.3. The molecule has 0 aliphatic heterocycles. The van der Waals surface area contributed by atoms with E-state index in [9.17, 15) is 0 Å². The van der Waals surface area contributed by atoms with Gasteiger partial charge >= 0.3 is 0 Å². The molecule has 1 unspecified atom stereocenters. The Labute approximate surface area is 121 Å². The highest BCUT2D eigenvalue weighted by Gasteiger charge is 2.05. The van der Waals surface area contributed by atoms with Crippen LogP contribution in [-0.2, 0) is 6.42 Å². The number of aryl methyl sites for hydroxylation is 1. The first-order valence-electron chi connectivity index (χ1n) is 7.37. The van der Waals surface area contributed by atoms with Crippen LogP contribution in [0.25, 0.3) is 11.3 Å². The molecule has 106 valence electrons. The summed E-state index contributed by atoms with van der Waals surface area (Å²) in [6.07, 6.45) is 4.76. The van der Waals surface area contributed by atoms with Gasteiger partial charge in [-0.3, -0.25) is 0 Å². The minimum absolute atomic E-state index is 0.606. The molecule has 3 heteroatoms. The van der Waals surface area contributed by atoms with Crippen LogP contribution in [0.5, 0.6) is 0 Å². The van der Waals surface area contributed by atoms with Crippen molar-refractivity contribution in [2.75, 3.05) is 6.54 Å². The van der Waals surface area contributed by atoms with Crippen molar-refractivity contribution in [1.82, 2.24) is 9.97 Å². The van der Waals surface area contributed by atoms with E-state index in [1.807, 2.05) is 12.3 Å². The molecule has 2 N–H and O–H groups in total. The smallest absolute Gasteiger partial charge is 0.128 e. The average Bonchev–Trinajstić information content (AvgIpc) is 2.52. The third kappa shape index (κ3) is 3.64. The van der Waals surface area contributed by atoms with E-state index in [1.165, 1.54) is 5.56 Å². The van der Waals surface area contributed by atoms with Crippen molar-refractivity contribution in [3.8, 4) is 11.3 Å². The maximum Gasteiger partial charge on any atom is 0.128 e. The van der Waals surface area contributed by atoms with E-state index in [2.05, 4.69) is 48.1 Å². The van der Waals surface area contributed by atoms with Gasteiger partial charge in [0.05, 0.1) is 5.69 Å². The summed E-state index contributed by atoms with van der Waals surface area (Å²) < 4.78 is 0. The first-order chi connectivity index (χ1) is 9.74. The molecule has 1 atom stereocenters. The second-order valence-corrected chi connectivity index (χ2v) is 5.18. The SMILES string of the molecule is CCC(C)c1ccc(-c2ccnc(CCCN)n2)cc1. The molecule has 0 amide bonds. The normalized spacial score (nSPS) is 12.3. The molecule has 0 aliphatic rings. The highest BCUT2D eigenvalue weighted by atomic mass is 14.9. The molecule has 2 rings (SSSR count). The molecule has 0 radical (unpaired) electrons. The maximum absolute atomic E-state index is 5.53. The lowest BCUT2D eigenvalue weighted by Crippen LogP contribution is -2.03. The van der Waals surface area contributed by atoms with Crippen LogP contribution in [0.1, 0.15) is 44.0 Å². The fourth-order valence-corrected chi connectivity index (χ4v) is 2.16. The minimum atomic E-state index is 0.606. The van der Waals surface area contributed by atoms with Crippen LogP contribution < -0.4 is 5.73 Å².